The van der Waals surface area contributed by atoms with E-state index in [1.165, 1.54) is 0 Å². The van der Waals surface area contributed by atoms with Crippen LogP contribution in [0.4, 0.5) is 0 Å². The summed E-state index contributed by atoms with van der Waals surface area (Å²) in [4.78, 5) is 11.7. The summed E-state index contributed by atoms with van der Waals surface area (Å²) in [6, 6.07) is 0. The highest BCUT2D eigenvalue weighted by Crippen LogP contribution is 2.26. The van der Waals surface area contributed by atoms with E-state index in [-0.39, 0.29) is 11.4 Å². The molecule has 18 heavy (non-hydrogen) atoms. The van der Waals surface area contributed by atoms with Gasteiger partial charge in [-0.3, -0.25) is 4.79 Å². The highest BCUT2D eigenvalue weighted by molar-refractivity contribution is 5.69. The van der Waals surface area contributed by atoms with Crippen molar-refractivity contribution in [3.8, 4) is 0 Å². The lowest BCUT2D eigenvalue weighted by molar-refractivity contribution is -0.146. The third-order valence-electron chi connectivity index (χ3n) is 3.65. The Balaban J connectivity index is 2.13. The second-order valence-electron chi connectivity index (χ2n) is 5.94. The first-order chi connectivity index (χ1) is 8.53. The van der Waals surface area contributed by atoms with Gasteiger partial charge in [-0.25, -0.2) is 0 Å². The molecule has 4 nitrogen and oxygen atoms in total. The van der Waals surface area contributed by atoms with E-state index in [9.17, 15) is 4.79 Å². The summed E-state index contributed by atoms with van der Waals surface area (Å²) in [6.07, 6.45) is 4.30. The summed E-state index contributed by atoms with van der Waals surface area (Å²) in [5, 5.41) is 0. The largest absolute Gasteiger partial charge is 0.465 e. The van der Waals surface area contributed by atoms with E-state index in [2.05, 4.69) is 13.8 Å². The predicted octanol–water partition coefficient (Wildman–Crippen LogP) is 2.11. The Morgan fingerprint density at radius 1 is 1.33 bits per heavy atom. The average molecular weight is 257 g/mol. The molecule has 0 unspecified atom stereocenters. The highest BCUT2D eigenvalue weighted by Gasteiger charge is 2.20. The Bertz CT molecular complexity index is 247. The standard InChI is InChI=1S/C14H27NO3/c1-14(2,7-8-15)6-3-13(16)18-11-12-4-9-17-10-5-12/h12H,3-11,15H2,1-2H3. The predicted molar refractivity (Wildman–Crippen MR) is 71.2 cm³/mol. The van der Waals surface area contributed by atoms with Crippen molar-refractivity contribution in [3.05, 3.63) is 0 Å². The molecular weight excluding hydrogens is 230 g/mol. The molecule has 4 heteroatoms. The molecule has 106 valence electrons. The monoisotopic (exact) mass is 257 g/mol. The van der Waals surface area contributed by atoms with E-state index in [0.29, 0.717) is 25.5 Å². The molecule has 0 aromatic heterocycles. The lowest BCUT2D eigenvalue weighted by atomic mass is 9.84. The van der Waals surface area contributed by atoms with Crippen LogP contribution in [0.5, 0.6) is 0 Å². The first-order valence-corrected chi connectivity index (χ1v) is 6.97. The molecule has 1 aliphatic rings. The number of carbonyl (C=O) groups is 1. The zero-order valence-corrected chi connectivity index (χ0v) is 11.7. The zero-order valence-electron chi connectivity index (χ0n) is 11.7. The first-order valence-electron chi connectivity index (χ1n) is 6.97. The molecule has 0 atom stereocenters. The van der Waals surface area contributed by atoms with Crippen LogP contribution in [0.25, 0.3) is 0 Å². The Kier molecular flexibility index (Phi) is 6.65. The van der Waals surface area contributed by atoms with Crippen LogP contribution >= 0.6 is 0 Å². The second-order valence-corrected chi connectivity index (χ2v) is 5.94. The topological polar surface area (TPSA) is 61.6 Å². The first kappa shape index (κ1) is 15.4. The van der Waals surface area contributed by atoms with E-state index >= 15 is 0 Å². The molecular formula is C14H27NO3. The maximum Gasteiger partial charge on any atom is 0.305 e. The molecule has 0 bridgehead atoms. The van der Waals surface area contributed by atoms with Crippen LogP contribution in [0, 0.1) is 11.3 Å². The Morgan fingerprint density at radius 3 is 2.61 bits per heavy atom. The summed E-state index contributed by atoms with van der Waals surface area (Å²) in [5.41, 5.74) is 5.68. The Morgan fingerprint density at radius 2 is 2.00 bits per heavy atom. The van der Waals surface area contributed by atoms with E-state index in [0.717, 1.165) is 38.9 Å². The van der Waals surface area contributed by atoms with Crippen LogP contribution in [-0.4, -0.2) is 32.3 Å². The minimum atomic E-state index is -0.0772. The third-order valence-corrected chi connectivity index (χ3v) is 3.65. The fourth-order valence-corrected chi connectivity index (χ4v) is 2.15. The lowest BCUT2D eigenvalue weighted by Gasteiger charge is -2.24. The van der Waals surface area contributed by atoms with Gasteiger partial charge in [-0.15, -0.1) is 0 Å². The van der Waals surface area contributed by atoms with Crippen LogP contribution in [0.1, 0.15) is 46.0 Å². The van der Waals surface area contributed by atoms with Gasteiger partial charge in [0.2, 0.25) is 0 Å². The quantitative estimate of drug-likeness (QED) is 0.710. The fourth-order valence-electron chi connectivity index (χ4n) is 2.15. The maximum atomic E-state index is 11.7. The van der Waals surface area contributed by atoms with E-state index in [1.54, 1.807) is 0 Å². The van der Waals surface area contributed by atoms with Crippen molar-refractivity contribution in [2.45, 2.75) is 46.0 Å². The summed E-state index contributed by atoms with van der Waals surface area (Å²) >= 11 is 0. The van der Waals surface area contributed by atoms with Crippen LogP contribution < -0.4 is 5.73 Å². The molecule has 0 saturated carbocycles. The molecule has 2 N–H and O–H groups in total. The molecule has 1 aliphatic heterocycles. The van der Waals surface area contributed by atoms with Crippen molar-refractivity contribution in [1.29, 1.82) is 0 Å². The molecule has 0 aromatic carbocycles. The van der Waals surface area contributed by atoms with Crippen LogP contribution in [0.15, 0.2) is 0 Å². The number of hydrogen-bond acceptors (Lipinski definition) is 4. The number of esters is 1. The normalized spacial score (nSPS) is 17.7. The number of rotatable bonds is 7. The van der Waals surface area contributed by atoms with Gasteiger partial charge in [-0.2, -0.15) is 0 Å². The molecule has 0 radical (unpaired) electrons. The summed E-state index contributed by atoms with van der Waals surface area (Å²) < 4.78 is 10.6. The highest BCUT2D eigenvalue weighted by atomic mass is 16.5. The fraction of sp³-hybridized carbons (Fsp3) is 0.929. The van der Waals surface area contributed by atoms with Crippen molar-refractivity contribution in [2.75, 3.05) is 26.4 Å². The minimum Gasteiger partial charge on any atom is -0.465 e. The van der Waals surface area contributed by atoms with Crippen molar-refractivity contribution in [2.24, 2.45) is 17.1 Å². The second kappa shape index (κ2) is 7.74. The van der Waals surface area contributed by atoms with Gasteiger partial charge in [0.05, 0.1) is 6.61 Å². The van der Waals surface area contributed by atoms with Gasteiger partial charge in [-0.05, 0) is 43.6 Å². The van der Waals surface area contributed by atoms with E-state index < -0.39 is 0 Å². The molecule has 0 amide bonds. The van der Waals surface area contributed by atoms with Crippen molar-refractivity contribution in [3.63, 3.8) is 0 Å². The SMILES string of the molecule is CC(C)(CCN)CCC(=O)OCC1CCOCC1. The molecule has 0 spiro atoms. The smallest absolute Gasteiger partial charge is 0.305 e. The number of carbonyl (C=O) groups excluding carboxylic acids is 1. The van der Waals surface area contributed by atoms with Crippen LogP contribution in [0.2, 0.25) is 0 Å². The Labute approximate surface area is 110 Å². The molecule has 1 rings (SSSR count). The maximum absolute atomic E-state index is 11.7. The summed E-state index contributed by atoms with van der Waals surface area (Å²) in [6.45, 7) is 7.11. The zero-order chi connectivity index (χ0) is 13.4. The molecule has 1 fully saturated rings. The van der Waals surface area contributed by atoms with Gasteiger partial charge < -0.3 is 15.2 Å². The average Bonchev–Trinajstić information content (AvgIpc) is 2.35. The van der Waals surface area contributed by atoms with Crippen molar-refractivity contribution < 1.29 is 14.3 Å². The minimum absolute atomic E-state index is 0.0772. The van der Waals surface area contributed by atoms with Gasteiger partial charge in [0.25, 0.3) is 0 Å². The van der Waals surface area contributed by atoms with Crippen LogP contribution in [0.3, 0.4) is 0 Å². The number of hydrogen-bond donors (Lipinski definition) is 1. The molecule has 1 saturated heterocycles. The van der Waals surface area contributed by atoms with Gasteiger partial charge in [0.1, 0.15) is 0 Å². The summed E-state index contributed by atoms with van der Waals surface area (Å²) in [5.74, 6) is 0.409. The molecule has 0 aliphatic carbocycles. The van der Waals surface area contributed by atoms with Crippen LogP contribution in [-0.2, 0) is 14.3 Å². The molecule has 1 heterocycles. The Hall–Kier alpha value is -0.610. The van der Waals surface area contributed by atoms with E-state index in [4.69, 9.17) is 15.2 Å². The van der Waals surface area contributed by atoms with Gasteiger partial charge in [-0.1, -0.05) is 13.8 Å². The van der Waals surface area contributed by atoms with E-state index in [1.807, 2.05) is 0 Å². The molecule has 0 aromatic rings. The third kappa shape index (κ3) is 6.36. The number of ether oxygens (including phenoxy) is 2. The van der Waals surface area contributed by atoms with Crippen molar-refractivity contribution >= 4 is 5.97 Å². The number of nitrogens with two attached hydrogens (primary N) is 1. The van der Waals surface area contributed by atoms with Gasteiger partial charge in [0, 0.05) is 19.6 Å². The summed E-state index contributed by atoms with van der Waals surface area (Å²) in [7, 11) is 0. The van der Waals surface area contributed by atoms with Crippen molar-refractivity contribution in [1.82, 2.24) is 0 Å². The lowest BCUT2D eigenvalue weighted by Crippen LogP contribution is -2.23. The van der Waals surface area contributed by atoms with Gasteiger partial charge >= 0.3 is 5.97 Å². The van der Waals surface area contributed by atoms with Gasteiger partial charge in [0.15, 0.2) is 0 Å².